The number of sulfonamides is 1. The lowest BCUT2D eigenvalue weighted by Gasteiger charge is -2.10. The Morgan fingerprint density at radius 2 is 1.77 bits per heavy atom. The number of fused-ring (bicyclic) bond motifs is 1. The van der Waals surface area contributed by atoms with E-state index in [0.29, 0.717) is 22.8 Å². The quantitative estimate of drug-likeness (QED) is 0.450. The molecular formula is C19H13F2N5O3S. The third-order valence-electron chi connectivity index (χ3n) is 4.17. The second-order valence-corrected chi connectivity index (χ2v) is 7.85. The summed E-state index contributed by atoms with van der Waals surface area (Å²) >= 11 is 0. The number of benzene rings is 2. The van der Waals surface area contributed by atoms with E-state index in [1.807, 2.05) is 0 Å². The van der Waals surface area contributed by atoms with Gasteiger partial charge in [-0.05, 0) is 42.5 Å². The number of H-pyrrole nitrogens is 1. The molecule has 0 radical (unpaired) electrons. The standard InChI is InChI=1S/C19H13F2N5O3S/c20-11-1-6-16(15(21)9-11)26-30(28,29)13-4-2-12(3-5-13)25-19(27)17-14-7-8-22-18(14)24-10-23-17/h1-10,26H,(H,25,27)(H,22,23,24). The van der Waals surface area contributed by atoms with Crippen LogP contribution in [-0.4, -0.2) is 29.3 Å². The van der Waals surface area contributed by atoms with E-state index in [-0.39, 0.29) is 16.3 Å². The fourth-order valence-electron chi connectivity index (χ4n) is 2.74. The first kappa shape index (κ1) is 19.5. The zero-order chi connectivity index (χ0) is 21.3. The van der Waals surface area contributed by atoms with Gasteiger partial charge in [-0.2, -0.15) is 0 Å². The molecule has 152 valence electrons. The summed E-state index contributed by atoms with van der Waals surface area (Å²) in [7, 11) is -4.12. The smallest absolute Gasteiger partial charge is 0.275 e. The summed E-state index contributed by atoms with van der Waals surface area (Å²) in [6.45, 7) is 0. The van der Waals surface area contributed by atoms with Crippen molar-refractivity contribution < 1.29 is 22.0 Å². The van der Waals surface area contributed by atoms with Gasteiger partial charge in [-0.15, -0.1) is 0 Å². The van der Waals surface area contributed by atoms with E-state index in [2.05, 4.69) is 25.0 Å². The lowest BCUT2D eigenvalue weighted by Crippen LogP contribution is -2.16. The molecule has 0 saturated heterocycles. The molecule has 11 heteroatoms. The average molecular weight is 429 g/mol. The SMILES string of the molecule is O=C(Nc1ccc(S(=O)(=O)Nc2ccc(F)cc2F)cc1)c1ncnc2[nH]ccc12. The maximum absolute atomic E-state index is 13.7. The fraction of sp³-hybridized carbons (Fsp3) is 0. The summed E-state index contributed by atoms with van der Waals surface area (Å²) in [6.07, 6.45) is 2.89. The van der Waals surface area contributed by atoms with Gasteiger partial charge in [-0.1, -0.05) is 0 Å². The molecule has 0 fully saturated rings. The van der Waals surface area contributed by atoms with Crippen LogP contribution in [-0.2, 0) is 10.0 Å². The first-order chi connectivity index (χ1) is 14.3. The van der Waals surface area contributed by atoms with Gasteiger partial charge < -0.3 is 10.3 Å². The third-order valence-corrected chi connectivity index (χ3v) is 5.55. The highest BCUT2D eigenvalue weighted by Crippen LogP contribution is 2.22. The van der Waals surface area contributed by atoms with Crippen LogP contribution in [0.1, 0.15) is 10.5 Å². The number of aromatic amines is 1. The van der Waals surface area contributed by atoms with Crippen molar-refractivity contribution in [3.8, 4) is 0 Å². The van der Waals surface area contributed by atoms with Crippen LogP contribution in [0.5, 0.6) is 0 Å². The number of amides is 1. The minimum Gasteiger partial charge on any atom is -0.346 e. The Hall–Kier alpha value is -3.86. The van der Waals surface area contributed by atoms with E-state index in [9.17, 15) is 22.0 Å². The van der Waals surface area contributed by atoms with Crippen LogP contribution < -0.4 is 10.0 Å². The summed E-state index contributed by atoms with van der Waals surface area (Å²) in [5.74, 6) is -2.36. The number of nitrogens with zero attached hydrogens (tertiary/aromatic N) is 2. The molecule has 0 unspecified atom stereocenters. The highest BCUT2D eigenvalue weighted by molar-refractivity contribution is 7.92. The average Bonchev–Trinajstić information content (AvgIpc) is 3.19. The summed E-state index contributed by atoms with van der Waals surface area (Å²) in [5, 5.41) is 3.17. The largest absolute Gasteiger partial charge is 0.346 e. The second-order valence-electron chi connectivity index (χ2n) is 6.17. The van der Waals surface area contributed by atoms with Crippen molar-refractivity contribution in [3.05, 3.63) is 78.4 Å². The van der Waals surface area contributed by atoms with Gasteiger partial charge in [0.15, 0.2) is 0 Å². The molecule has 0 spiro atoms. The predicted molar refractivity (Wildman–Crippen MR) is 105 cm³/mol. The minimum absolute atomic E-state index is 0.159. The predicted octanol–water partition coefficient (Wildman–Crippen LogP) is 3.29. The Bertz CT molecular complexity index is 1350. The van der Waals surface area contributed by atoms with Gasteiger partial charge in [-0.25, -0.2) is 27.2 Å². The van der Waals surface area contributed by atoms with Gasteiger partial charge in [0.1, 0.15) is 29.3 Å². The molecule has 8 nitrogen and oxygen atoms in total. The van der Waals surface area contributed by atoms with Gasteiger partial charge in [0.25, 0.3) is 15.9 Å². The molecule has 2 aromatic carbocycles. The summed E-state index contributed by atoms with van der Waals surface area (Å²) in [4.78, 5) is 23.2. The van der Waals surface area contributed by atoms with Gasteiger partial charge in [0.05, 0.1) is 16.0 Å². The number of rotatable bonds is 5. The number of carbonyl (C=O) groups excluding carboxylic acids is 1. The number of halogens is 2. The van der Waals surface area contributed by atoms with Crippen molar-refractivity contribution in [1.29, 1.82) is 0 Å². The second kappa shape index (κ2) is 7.52. The van der Waals surface area contributed by atoms with E-state index in [1.165, 1.54) is 30.6 Å². The number of nitrogens with one attached hydrogen (secondary N) is 3. The Kier molecular flexibility index (Phi) is 4.88. The van der Waals surface area contributed by atoms with E-state index in [1.54, 1.807) is 12.3 Å². The van der Waals surface area contributed by atoms with E-state index in [4.69, 9.17) is 0 Å². The zero-order valence-electron chi connectivity index (χ0n) is 15.1. The normalized spacial score (nSPS) is 11.4. The maximum Gasteiger partial charge on any atom is 0.275 e. The maximum atomic E-state index is 13.7. The first-order valence-corrected chi connectivity index (χ1v) is 9.99. The van der Waals surface area contributed by atoms with Crippen LogP contribution in [0, 0.1) is 11.6 Å². The molecule has 0 aliphatic heterocycles. The van der Waals surface area contributed by atoms with Crippen molar-refractivity contribution in [3.63, 3.8) is 0 Å². The van der Waals surface area contributed by atoms with Crippen molar-refractivity contribution in [1.82, 2.24) is 15.0 Å². The lowest BCUT2D eigenvalue weighted by atomic mass is 10.2. The van der Waals surface area contributed by atoms with Crippen LogP contribution in [0.25, 0.3) is 11.0 Å². The molecule has 2 aromatic heterocycles. The molecule has 4 rings (SSSR count). The Morgan fingerprint density at radius 3 is 2.50 bits per heavy atom. The van der Waals surface area contributed by atoms with Crippen molar-refractivity contribution in [2.24, 2.45) is 0 Å². The van der Waals surface area contributed by atoms with Crippen LogP contribution in [0.15, 0.2) is 66.0 Å². The third kappa shape index (κ3) is 3.82. The van der Waals surface area contributed by atoms with Crippen molar-refractivity contribution in [2.75, 3.05) is 10.0 Å². The molecule has 3 N–H and O–H groups in total. The van der Waals surface area contributed by atoms with Gasteiger partial charge >= 0.3 is 0 Å². The number of hydrogen-bond acceptors (Lipinski definition) is 5. The highest BCUT2D eigenvalue weighted by atomic mass is 32.2. The number of anilines is 2. The molecule has 0 atom stereocenters. The number of hydrogen-bond donors (Lipinski definition) is 3. The fourth-order valence-corrected chi connectivity index (χ4v) is 3.80. The van der Waals surface area contributed by atoms with Crippen LogP contribution in [0.3, 0.4) is 0 Å². The first-order valence-electron chi connectivity index (χ1n) is 8.51. The van der Waals surface area contributed by atoms with Gasteiger partial charge in [0, 0.05) is 18.0 Å². The number of carbonyl (C=O) groups is 1. The Balaban J connectivity index is 1.52. The molecule has 0 aliphatic carbocycles. The van der Waals surface area contributed by atoms with Crippen LogP contribution in [0.2, 0.25) is 0 Å². The monoisotopic (exact) mass is 429 g/mol. The molecule has 0 bridgehead atoms. The Morgan fingerprint density at radius 1 is 1.00 bits per heavy atom. The van der Waals surface area contributed by atoms with Gasteiger partial charge in [-0.3, -0.25) is 9.52 Å². The van der Waals surface area contributed by atoms with Crippen LogP contribution in [0.4, 0.5) is 20.2 Å². The zero-order valence-corrected chi connectivity index (χ0v) is 15.9. The molecule has 1 amide bonds. The van der Waals surface area contributed by atoms with E-state index < -0.39 is 27.6 Å². The molecule has 0 aliphatic rings. The van der Waals surface area contributed by atoms with E-state index >= 15 is 0 Å². The molecule has 30 heavy (non-hydrogen) atoms. The Labute approximate surface area is 169 Å². The summed E-state index contributed by atoms with van der Waals surface area (Å²) in [5.41, 5.74) is 0.615. The summed E-state index contributed by atoms with van der Waals surface area (Å²) in [6, 6.07) is 9.40. The highest BCUT2D eigenvalue weighted by Gasteiger charge is 2.18. The lowest BCUT2D eigenvalue weighted by molar-refractivity contribution is 0.102. The molecular weight excluding hydrogens is 416 g/mol. The van der Waals surface area contributed by atoms with E-state index in [0.717, 1.165) is 12.1 Å². The summed E-state index contributed by atoms with van der Waals surface area (Å²) < 4.78 is 53.6. The van der Waals surface area contributed by atoms with Crippen molar-refractivity contribution in [2.45, 2.75) is 4.90 Å². The molecule has 4 aromatic rings. The van der Waals surface area contributed by atoms with Crippen molar-refractivity contribution >= 4 is 38.3 Å². The van der Waals surface area contributed by atoms with Gasteiger partial charge in [0.2, 0.25) is 0 Å². The minimum atomic E-state index is -4.12. The topological polar surface area (TPSA) is 117 Å². The number of aromatic nitrogens is 3. The molecule has 2 heterocycles. The van der Waals surface area contributed by atoms with Crippen LogP contribution >= 0.6 is 0 Å². The molecule has 0 saturated carbocycles.